The molecule has 28 heavy (non-hydrogen) atoms. The Hall–Kier alpha value is -3.48. The number of carbonyl (C=O) groups is 4. The topological polar surface area (TPSA) is 90.0 Å². The van der Waals surface area contributed by atoms with E-state index in [1.165, 1.54) is 13.0 Å². The first-order chi connectivity index (χ1) is 13.3. The predicted octanol–water partition coefficient (Wildman–Crippen LogP) is 2.21. The molecule has 0 aliphatic carbocycles. The van der Waals surface area contributed by atoms with Crippen molar-refractivity contribution in [3.63, 3.8) is 0 Å². The number of rotatable bonds is 7. The Balaban J connectivity index is 1.52. The fourth-order valence-corrected chi connectivity index (χ4v) is 2.86. The molecule has 1 aliphatic rings. The van der Waals surface area contributed by atoms with Gasteiger partial charge in [-0.3, -0.25) is 14.4 Å². The molecule has 1 aliphatic heterocycles. The van der Waals surface area contributed by atoms with Crippen LogP contribution in [0.3, 0.4) is 0 Å². The third-order valence-corrected chi connectivity index (χ3v) is 4.44. The van der Waals surface area contributed by atoms with Gasteiger partial charge in [0.25, 0.3) is 0 Å². The highest BCUT2D eigenvalue weighted by Gasteiger charge is 2.25. The van der Waals surface area contributed by atoms with Crippen LogP contribution in [-0.2, 0) is 20.7 Å². The number of likely N-dealkylation sites (N-methyl/N-ethyl adjacent to an activating group) is 1. The number of hydrogen-bond donors (Lipinski definition) is 0. The Bertz CT molecular complexity index is 965. The van der Waals surface area contributed by atoms with E-state index in [0.29, 0.717) is 16.9 Å². The monoisotopic (exact) mass is 381 g/mol. The van der Waals surface area contributed by atoms with Crippen LogP contribution in [0.5, 0.6) is 5.75 Å². The van der Waals surface area contributed by atoms with Gasteiger partial charge in [0.2, 0.25) is 5.91 Å². The zero-order chi connectivity index (χ0) is 20.3. The Kier molecular flexibility index (Phi) is 5.54. The minimum Gasteiger partial charge on any atom is -0.482 e. The van der Waals surface area contributed by atoms with Crippen LogP contribution in [0.25, 0.3) is 0 Å². The van der Waals surface area contributed by atoms with E-state index >= 15 is 0 Å². The molecule has 2 aromatic carbocycles. The lowest BCUT2D eigenvalue weighted by atomic mass is 10.1. The van der Waals surface area contributed by atoms with Gasteiger partial charge in [-0.05, 0) is 42.8 Å². The van der Waals surface area contributed by atoms with Gasteiger partial charge in [-0.2, -0.15) is 0 Å². The van der Waals surface area contributed by atoms with Crippen LogP contribution in [0.2, 0.25) is 0 Å². The fraction of sp³-hybridized carbons (Fsp3) is 0.238. The molecule has 0 atom stereocenters. The van der Waals surface area contributed by atoms with Crippen molar-refractivity contribution in [1.82, 2.24) is 0 Å². The Morgan fingerprint density at radius 1 is 1.04 bits per heavy atom. The van der Waals surface area contributed by atoms with E-state index in [1.807, 2.05) is 0 Å². The van der Waals surface area contributed by atoms with E-state index in [0.717, 1.165) is 11.3 Å². The molecule has 0 bridgehead atoms. The second-order valence-corrected chi connectivity index (χ2v) is 6.43. The minimum atomic E-state index is -0.697. The van der Waals surface area contributed by atoms with Gasteiger partial charge in [-0.1, -0.05) is 12.1 Å². The largest absolute Gasteiger partial charge is 0.482 e. The second-order valence-electron chi connectivity index (χ2n) is 6.43. The quantitative estimate of drug-likeness (QED) is 0.540. The Morgan fingerprint density at radius 2 is 1.82 bits per heavy atom. The number of ketones is 2. The molecule has 0 aromatic heterocycles. The summed E-state index contributed by atoms with van der Waals surface area (Å²) < 4.78 is 10.3. The number of esters is 1. The lowest BCUT2D eigenvalue weighted by Crippen LogP contribution is -2.20. The zero-order valence-electron chi connectivity index (χ0n) is 15.6. The first-order valence-corrected chi connectivity index (χ1v) is 8.67. The smallest absolute Gasteiger partial charge is 0.344 e. The average Bonchev–Trinajstić information content (AvgIpc) is 2.97. The van der Waals surface area contributed by atoms with E-state index in [9.17, 15) is 19.2 Å². The molecule has 0 fully saturated rings. The van der Waals surface area contributed by atoms with Gasteiger partial charge in [0.15, 0.2) is 24.8 Å². The number of ether oxygens (including phenoxy) is 2. The van der Waals surface area contributed by atoms with Crippen LogP contribution in [0.4, 0.5) is 5.69 Å². The van der Waals surface area contributed by atoms with Gasteiger partial charge in [-0.25, -0.2) is 4.79 Å². The number of anilines is 1. The summed E-state index contributed by atoms with van der Waals surface area (Å²) in [5, 5.41) is 0. The lowest BCUT2D eigenvalue weighted by Gasteiger charge is -2.10. The number of benzene rings is 2. The minimum absolute atomic E-state index is 0.0305. The predicted molar refractivity (Wildman–Crippen MR) is 101 cm³/mol. The Labute approximate surface area is 161 Å². The van der Waals surface area contributed by atoms with Gasteiger partial charge >= 0.3 is 5.97 Å². The van der Waals surface area contributed by atoms with Crippen molar-refractivity contribution in [2.45, 2.75) is 13.3 Å². The summed E-state index contributed by atoms with van der Waals surface area (Å²) in [4.78, 5) is 48.7. The SMILES string of the molecule is CC(=O)c1cccc(OCC(=O)OCC(=O)c2ccc3c(c2)CC(=O)N3C)c1. The molecular weight excluding hydrogens is 362 g/mol. The standard InChI is InChI=1S/C21H19NO6/c1-13(23)14-4-3-5-17(9-14)27-12-21(26)28-11-19(24)15-6-7-18-16(8-15)10-20(25)22(18)2/h3-9H,10-12H2,1-2H3. The molecule has 144 valence electrons. The van der Waals surface area contributed by atoms with Crippen molar-refractivity contribution in [2.24, 2.45) is 0 Å². The average molecular weight is 381 g/mol. The van der Waals surface area contributed by atoms with Crippen molar-refractivity contribution in [1.29, 1.82) is 0 Å². The van der Waals surface area contributed by atoms with Gasteiger partial charge < -0.3 is 14.4 Å². The second kappa shape index (κ2) is 8.04. The molecule has 2 aromatic rings. The summed E-state index contributed by atoms with van der Waals surface area (Å²) in [5.74, 6) is -0.837. The molecule has 1 amide bonds. The molecule has 0 saturated carbocycles. The molecular formula is C21H19NO6. The van der Waals surface area contributed by atoms with Gasteiger partial charge in [0.05, 0.1) is 6.42 Å². The van der Waals surface area contributed by atoms with Crippen molar-refractivity contribution < 1.29 is 28.7 Å². The van der Waals surface area contributed by atoms with E-state index in [1.54, 1.807) is 48.3 Å². The van der Waals surface area contributed by atoms with Gasteiger partial charge in [0.1, 0.15) is 5.75 Å². The van der Waals surface area contributed by atoms with Crippen LogP contribution < -0.4 is 9.64 Å². The van der Waals surface area contributed by atoms with Crippen molar-refractivity contribution in [3.05, 3.63) is 59.2 Å². The van der Waals surface area contributed by atoms with E-state index < -0.39 is 12.6 Å². The molecule has 0 saturated heterocycles. The maximum absolute atomic E-state index is 12.3. The zero-order valence-corrected chi connectivity index (χ0v) is 15.6. The molecule has 3 rings (SSSR count). The summed E-state index contributed by atoms with van der Waals surface area (Å²) in [5.41, 5.74) is 2.41. The van der Waals surface area contributed by atoms with E-state index in [4.69, 9.17) is 9.47 Å². The van der Waals surface area contributed by atoms with Crippen molar-refractivity contribution in [3.8, 4) is 5.75 Å². The number of nitrogens with zero attached hydrogens (tertiary/aromatic N) is 1. The maximum atomic E-state index is 12.3. The third kappa shape index (κ3) is 4.25. The van der Waals surface area contributed by atoms with Crippen LogP contribution in [0, 0.1) is 0 Å². The number of carbonyl (C=O) groups excluding carboxylic acids is 4. The molecule has 7 nitrogen and oxygen atoms in total. The highest BCUT2D eigenvalue weighted by Crippen LogP contribution is 2.28. The molecule has 7 heteroatoms. The summed E-state index contributed by atoms with van der Waals surface area (Å²) in [6, 6.07) is 11.4. The van der Waals surface area contributed by atoms with Crippen LogP contribution >= 0.6 is 0 Å². The fourth-order valence-electron chi connectivity index (χ4n) is 2.86. The van der Waals surface area contributed by atoms with Crippen molar-refractivity contribution >= 4 is 29.1 Å². The van der Waals surface area contributed by atoms with E-state index in [2.05, 4.69) is 0 Å². The summed E-state index contributed by atoms with van der Waals surface area (Å²) in [7, 11) is 1.68. The van der Waals surface area contributed by atoms with Crippen LogP contribution in [0.15, 0.2) is 42.5 Å². The van der Waals surface area contributed by atoms with Gasteiger partial charge in [-0.15, -0.1) is 0 Å². The van der Waals surface area contributed by atoms with Crippen molar-refractivity contribution in [2.75, 3.05) is 25.2 Å². The summed E-state index contributed by atoms with van der Waals surface area (Å²) >= 11 is 0. The lowest BCUT2D eigenvalue weighted by molar-refractivity contribution is -0.144. The summed E-state index contributed by atoms with van der Waals surface area (Å²) in [6.45, 7) is 0.641. The number of Topliss-reactive ketones (excluding diaryl/α,β-unsaturated/α-hetero) is 2. The van der Waals surface area contributed by atoms with Gasteiger partial charge in [0, 0.05) is 23.9 Å². The highest BCUT2D eigenvalue weighted by molar-refractivity contribution is 6.04. The van der Waals surface area contributed by atoms with E-state index in [-0.39, 0.29) is 30.5 Å². The number of hydrogen-bond acceptors (Lipinski definition) is 6. The highest BCUT2D eigenvalue weighted by atomic mass is 16.6. The third-order valence-electron chi connectivity index (χ3n) is 4.44. The first-order valence-electron chi connectivity index (χ1n) is 8.67. The van der Waals surface area contributed by atoms with Crippen LogP contribution in [0.1, 0.15) is 33.2 Å². The number of fused-ring (bicyclic) bond motifs is 1. The maximum Gasteiger partial charge on any atom is 0.344 e. The first kappa shape index (κ1) is 19.3. The summed E-state index contributed by atoms with van der Waals surface area (Å²) in [6.07, 6.45) is 0.250. The Morgan fingerprint density at radius 3 is 2.57 bits per heavy atom. The molecule has 0 N–H and O–H groups in total. The number of amides is 1. The normalized spacial score (nSPS) is 12.5. The molecule has 0 spiro atoms. The molecule has 0 unspecified atom stereocenters. The molecule has 1 heterocycles. The molecule has 0 radical (unpaired) electrons. The van der Waals surface area contributed by atoms with Crippen LogP contribution in [-0.4, -0.2) is 43.7 Å².